The monoisotopic (exact) mass is 361 g/mol. The number of nitrogens with two attached hydrogens (primary N) is 2. The number of anilines is 1. The average molecular weight is 361 g/mol. The normalized spacial score (nSPS) is 10.8. The van der Waals surface area contributed by atoms with E-state index in [9.17, 15) is 9.18 Å². The molecule has 26 heavy (non-hydrogen) atoms. The number of rotatable bonds is 9. The molecule has 0 aromatic heterocycles. The van der Waals surface area contributed by atoms with E-state index in [1.165, 1.54) is 12.1 Å². The molecule has 1 aromatic carbocycles. The van der Waals surface area contributed by atoms with E-state index in [0.29, 0.717) is 12.1 Å². The van der Waals surface area contributed by atoms with Crippen molar-refractivity contribution in [3.63, 3.8) is 0 Å². The van der Waals surface area contributed by atoms with Gasteiger partial charge in [-0.15, -0.1) is 0 Å². The summed E-state index contributed by atoms with van der Waals surface area (Å²) in [6.07, 6.45) is 11.4. The fourth-order valence-corrected chi connectivity index (χ4v) is 2.17. The number of nitrogen functional groups attached to an aromatic ring is 1. The van der Waals surface area contributed by atoms with E-state index in [1.54, 1.807) is 18.2 Å². The van der Waals surface area contributed by atoms with E-state index in [2.05, 4.69) is 17.6 Å². The van der Waals surface area contributed by atoms with E-state index in [-0.39, 0.29) is 18.1 Å². The van der Waals surface area contributed by atoms with Crippen molar-refractivity contribution in [2.75, 3.05) is 5.73 Å². The number of aryl methyl sites for hydroxylation is 1. The van der Waals surface area contributed by atoms with Gasteiger partial charge in [0.1, 0.15) is 5.82 Å². The predicted octanol–water partition coefficient (Wildman–Crippen LogP) is 3.37. The zero-order chi connectivity index (χ0) is 19.8. The third-order valence-corrected chi connectivity index (χ3v) is 3.39. The van der Waals surface area contributed by atoms with E-state index in [4.69, 9.17) is 10.5 Å². The lowest BCUT2D eigenvalue weighted by Gasteiger charge is -2.06. The first kappa shape index (κ1) is 23.1. The Kier molecular flexibility index (Phi) is 12.8. The van der Waals surface area contributed by atoms with Crippen molar-refractivity contribution in [2.45, 2.75) is 39.0 Å². The highest BCUT2D eigenvalue weighted by Crippen LogP contribution is 2.16. The second-order valence-electron chi connectivity index (χ2n) is 5.56. The van der Waals surface area contributed by atoms with Gasteiger partial charge < -0.3 is 16.8 Å². The van der Waals surface area contributed by atoms with Crippen LogP contribution in [0.1, 0.15) is 38.2 Å². The summed E-state index contributed by atoms with van der Waals surface area (Å²) in [5.41, 5.74) is 12.2. The molecule has 0 atom stereocenters. The van der Waals surface area contributed by atoms with Crippen LogP contribution in [0.3, 0.4) is 0 Å². The maximum absolute atomic E-state index is 12.9. The Balaban J connectivity index is 0.00000194. The maximum Gasteiger partial charge on any atom is 0.224 e. The number of hydrogen-bond acceptors (Lipinski definition) is 3. The van der Waals surface area contributed by atoms with Crippen molar-refractivity contribution >= 4 is 18.0 Å². The lowest BCUT2D eigenvalue weighted by molar-refractivity contribution is -0.120. The molecule has 1 aromatic rings. The molecule has 0 bridgehead atoms. The van der Waals surface area contributed by atoms with Crippen LogP contribution < -0.4 is 16.8 Å². The van der Waals surface area contributed by atoms with Gasteiger partial charge >= 0.3 is 0 Å². The van der Waals surface area contributed by atoms with Gasteiger partial charge in [0.05, 0.1) is 0 Å². The molecule has 6 heteroatoms. The number of unbranched alkanes of at least 4 members (excludes halogenated alkanes) is 2. The zero-order valence-corrected chi connectivity index (χ0v) is 15.2. The SMILES string of the molecule is C=C/C=C\C=C(/C)NC(=O)CCCCCc1ccc(F)cc1N.NC=O. The smallest absolute Gasteiger partial charge is 0.224 e. The Morgan fingerprint density at radius 2 is 1.96 bits per heavy atom. The first-order valence-corrected chi connectivity index (χ1v) is 8.39. The maximum atomic E-state index is 12.9. The van der Waals surface area contributed by atoms with Gasteiger partial charge in [0.2, 0.25) is 12.3 Å². The predicted molar refractivity (Wildman–Crippen MR) is 104 cm³/mol. The topological polar surface area (TPSA) is 98.2 Å². The van der Waals surface area contributed by atoms with Crippen LogP contribution in [0.2, 0.25) is 0 Å². The number of benzene rings is 1. The molecule has 1 rings (SSSR count). The molecular weight excluding hydrogens is 333 g/mol. The number of allylic oxidation sites excluding steroid dienone is 5. The zero-order valence-electron chi connectivity index (χ0n) is 15.2. The van der Waals surface area contributed by atoms with Gasteiger partial charge in [-0.2, -0.15) is 0 Å². The third kappa shape index (κ3) is 11.6. The molecule has 142 valence electrons. The van der Waals surface area contributed by atoms with Crippen molar-refractivity contribution in [2.24, 2.45) is 5.73 Å². The largest absolute Gasteiger partial charge is 0.398 e. The number of carbonyl (C=O) groups is 2. The number of amides is 2. The fourth-order valence-electron chi connectivity index (χ4n) is 2.17. The fraction of sp³-hybridized carbons (Fsp3) is 0.300. The van der Waals surface area contributed by atoms with Gasteiger partial charge in [-0.1, -0.05) is 37.3 Å². The lowest BCUT2D eigenvalue weighted by atomic mass is 10.0. The Hall–Kier alpha value is -2.89. The van der Waals surface area contributed by atoms with Gasteiger partial charge in [0.15, 0.2) is 0 Å². The van der Waals surface area contributed by atoms with Crippen LogP contribution in [0, 0.1) is 5.82 Å². The molecule has 0 radical (unpaired) electrons. The summed E-state index contributed by atoms with van der Waals surface area (Å²) >= 11 is 0. The molecular formula is C20H28FN3O2. The second kappa shape index (κ2) is 14.5. The van der Waals surface area contributed by atoms with Crippen LogP contribution >= 0.6 is 0 Å². The minimum absolute atomic E-state index is 0.0204. The highest BCUT2D eigenvalue weighted by atomic mass is 19.1. The van der Waals surface area contributed by atoms with E-state index in [0.717, 1.165) is 36.9 Å². The quantitative estimate of drug-likeness (QED) is 0.272. The number of carbonyl (C=O) groups excluding carboxylic acids is 2. The van der Waals surface area contributed by atoms with Crippen LogP contribution in [-0.4, -0.2) is 12.3 Å². The standard InChI is InChI=1S/C19H25FN2O.CH3NO/c1-3-4-6-9-15(2)22-19(23)11-8-5-7-10-16-12-13-17(20)14-18(16)21;2-1-3/h3-4,6,9,12-14H,1,5,7-8,10-11,21H2,2H3,(H,22,23);1H,(H2,2,3)/b6-4-,15-9+;. The van der Waals surface area contributed by atoms with Crippen molar-refractivity contribution < 1.29 is 14.0 Å². The van der Waals surface area contributed by atoms with Crippen LogP contribution in [0.25, 0.3) is 0 Å². The summed E-state index contributed by atoms with van der Waals surface area (Å²) in [5.74, 6) is -0.290. The summed E-state index contributed by atoms with van der Waals surface area (Å²) in [5, 5.41) is 2.84. The molecule has 5 N–H and O–H groups in total. The Morgan fingerprint density at radius 1 is 1.27 bits per heavy atom. The summed E-state index contributed by atoms with van der Waals surface area (Å²) < 4.78 is 12.9. The summed E-state index contributed by atoms with van der Waals surface area (Å²) in [4.78, 5) is 20.3. The molecule has 0 fully saturated rings. The summed E-state index contributed by atoms with van der Waals surface area (Å²) in [6, 6.07) is 4.50. The molecule has 0 aliphatic rings. The van der Waals surface area contributed by atoms with E-state index < -0.39 is 0 Å². The Labute approximate surface area is 154 Å². The third-order valence-electron chi connectivity index (χ3n) is 3.39. The molecule has 0 unspecified atom stereocenters. The van der Waals surface area contributed by atoms with Crippen molar-refractivity contribution in [3.05, 3.63) is 66.2 Å². The first-order valence-electron chi connectivity index (χ1n) is 8.39. The molecule has 2 amide bonds. The van der Waals surface area contributed by atoms with Gasteiger partial charge in [0.25, 0.3) is 0 Å². The highest BCUT2D eigenvalue weighted by Gasteiger charge is 2.03. The van der Waals surface area contributed by atoms with Crippen LogP contribution in [0.15, 0.2) is 54.8 Å². The number of hydrogen-bond donors (Lipinski definition) is 3. The Morgan fingerprint density at radius 3 is 2.58 bits per heavy atom. The van der Waals surface area contributed by atoms with Crippen molar-refractivity contribution in [3.8, 4) is 0 Å². The molecule has 0 spiro atoms. The molecule has 0 saturated carbocycles. The second-order valence-corrected chi connectivity index (χ2v) is 5.56. The van der Waals surface area contributed by atoms with Gasteiger partial charge in [-0.25, -0.2) is 4.39 Å². The van der Waals surface area contributed by atoms with Crippen molar-refractivity contribution in [1.29, 1.82) is 0 Å². The number of primary amides is 1. The van der Waals surface area contributed by atoms with Crippen LogP contribution in [0.5, 0.6) is 0 Å². The Bertz CT molecular complexity index is 640. The lowest BCUT2D eigenvalue weighted by Crippen LogP contribution is -2.20. The summed E-state index contributed by atoms with van der Waals surface area (Å²) in [7, 11) is 0. The van der Waals surface area contributed by atoms with Crippen LogP contribution in [0.4, 0.5) is 10.1 Å². The van der Waals surface area contributed by atoms with Crippen LogP contribution in [-0.2, 0) is 16.0 Å². The molecule has 5 nitrogen and oxygen atoms in total. The van der Waals surface area contributed by atoms with Gasteiger partial charge in [-0.3, -0.25) is 9.59 Å². The number of nitrogens with one attached hydrogen (secondary N) is 1. The van der Waals surface area contributed by atoms with E-state index in [1.807, 2.05) is 19.1 Å². The van der Waals surface area contributed by atoms with Gasteiger partial charge in [-0.05, 0) is 50.0 Å². The van der Waals surface area contributed by atoms with Gasteiger partial charge in [0, 0.05) is 17.8 Å². The molecule has 0 aliphatic heterocycles. The van der Waals surface area contributed by atoms with Crippen molar-refractivity contribution in [1.82, 2.24) is 5.32 Å². The minimum Gasteiger partial charge on any atom is -0.398 e. The van der Waals surface area contributed by atoms with E-state index >= 15 is 0 Å². The molecule has 0 aliphatic carbocycles. The summed E-state index contributed by atoms with van der Waals surface area (Å²) in [6.45, 7) is 5.43. The minimum atomic E-state index is -0.311. The number of halogens is 1. The first-order chi connectivity index (χ1) is 12.4. The molecule has 0 saturated heterocycles. The highest BCUT2D eigenvalue weighted by molar-refractivity contribution is 5.77. The molecule has 0 heterocycles. The average Bonchev–Trinajstić information content (AvgIpc) is 2.57.